The lowest BCUT2D eigenvalue weighted by molar-refractivity contribution is 0.499. The minimum Gasteiger partial charge on any atom is -0.341 e. The first-order valence-electron chi connectivity index (χ1n) is 6.13. The Morgan fingerprint density at radius 3 is 2.94 bits per heavy atom. The predicted molar refractivity (Wildman–Crippen MR) is 67.4 cm³/mol. The Hall–Kier alpha value is -1.42. The van der Waals surface area contributed by atoms with Crippen LogP contribution in [0, 0.1) is 5.82 Å². The second-order valence-electron chi connectivity index (χ2n) is 4.20. The minimum atomic E-state index is -0.234. The number of aromatic nitrogens is 2. The molecule has 0 spiro atoms. The van der Waals surface area contributed by atoms with Crippen molar-refractivity contribution >= 4 is 11.0 Å². The zero-order valence-electron chi connectivity index (χ0n) is 10.3. The molecule has 1 heterocycles. The fourth-order valence-corrected chi connectivity index (χ4v) is 1.92. The van der Waals surface area contributed by atoms with Gasteiger partial charge in [0.2, 0.25) is 0 Å². The van der Waals surface area contributed by atoms with Crippen molar-refractivity contribution in [2.75, 3.05) is 6.54 Å². The van der Waals surface area contributed by atoms with Crippen LogP contribution >= 0.6 is 0 Å². The maximum absolute atomic E-state index is 13.1. The second kappa shape index (κ2) is 5.27. The molecule has 0 radical (unpaired) electrons. The van der Waals surface area contributed by atoms with E-state index in [9.17, 15) is 4.39 Å². The van der Waals surface area contributed by atoms with E-state index in [-0.39, 0.29) is 11.9 Å². The van der Waals surface area contributed by atoms with E-state index in [1.54, 1.807) is 6.07 Å². The maximum atomic E-state index is 13.1. The summed E-state index contributed by atoms with van der Waals surface area (Å²) in [5.74, 6) is 0.656. The lowest BCUT2D eigenvalue weighted by Gasteiger charge is -2.13. The molecule has 0 saturated carbocycles. The Balaban J connectivity index is 2.27. The molecule has 2 rings (SSSR count). The largest absolute Gasteiger partial charge is 0.341 e. The summed E-state index contributed by atoms with van der Waals surface area (Å²) < 4.78 is 13.1. The smallest absolute Gasteiger partial charge is 0.125 e. The minimum absolute atomic E-state index is 0.213. The molecule has 1 aromatic carbocycles. The van der Waals surface area contributed by atoms with Gasteiger partial charge in [0, 0.05) is 0 Å². The van der Waals surface area contributed by atoms with Gasteiger partial charge in [-0.15, -0.1) is 0 Å². The quantitative estimate of drug-likeness (QED) is 0.835. The Bertz CT molecular complexity index is 492. The van der Waals surface area contributed by atoms with Crippen LogP contribution in [0.2, 0.25) is 0 Å². The van der Waals surface area contributed by atoms with Gasteiger partial charge in [0.05, 0.1) is 17.1 Å². The molecule has 0 fully saturated rings. The maximum Gasteiger partial charge on any atom is 0.125 e. The average molecular weight is 235 g/mol. The number of benzene rings is 1. The normalized spacial score (nSPS) is 13.1. The van der Waals surface area contributed by atoms with Crippen molar-refractivity contribution in [3.63, 3.8) is 0 Å². The Labute approximate surface area is 100 Å². The highest BCUT2D eigenvalue weighted by Crippen LogP contribution is 2.19. The number of halogens is 1. The van der Waals surface area contributed by atoms with Crippen LogP contribution in [-0.4, -0.2) is 16.5 Å². The van der Waals surface area contributed by atoms with Crippen molar-refractivity contribution in [2.24, 2.45) is 0 Å². The first-order chi connectivity index (χ1) is 8.24. The van der Waals surface area contributed by atoms with Crippen LogP contribution in [0.3, 0.4) is 0 Å². The number of aromatic amines is 1. The van der Waals surface area contributed by atoms with E-state index < -0.39 is 0 Å². The van der Waals surface area contributed by atoms with E-state index in [4.69, 9.17) is 0 Å². The van der Waals surface area contributed by atoms with Crippen LogP contribution in [0.1, 0.15) is 38.6 Å². The molecule has 4 heteroatoms. The van der Waals surface area contributed by atoms with E-state index in [0.717, 1.165) is 36.2 Å². The third kappa shape index (κ3) is 2.64. The molecule has 0 aliphatic carbocycles. The van der Waals surface area contributed by atoms with E-state index in [1.165, 1.54) is 12.1 Å². The van der Waals surface area contributed by atoms with Crippen molar-refractivity contribution in [3.05, 3.63) is 29.8 Å². The molecule has 17 heavy (non-hydrogen) atoms. The van der Waals surface area contributed by atoms with Gasteiger partial charge in [-0.25, -0.2) is 9.37 Å². The van der Waals surface area contributed by atoms with Gasteiger partial charge in [-0.05, 0) is 37.6 Å². The Kier molecular flexibility index (Phi) is 3.74. The summed E-state index contributed by atoms with van der Waals surface area (Å²) in [6, 6.07) is 4.84. The monoisotopic (exact) mass is 235 g/mol. The molecule has 0 aliphatic heterocycles. The summed E-state index contributed by atoms with van der Waals surface area (Å²) in [6.45, 7) is 5.21. The molecule has 3 nitrogen and oxygen atoms in total. The molecule has 0 bridgehead atoms. The topological polar surface area (TPSA) is 40.7 Å². The third-order valence-electron chi connectivity index (χ3n) is 2.84. The van der Waals surface area contributed by atoms with Crippen molar-refractivity contribution in [1.29, 1.82) is 0 Å². The van der Waals surface area contributed by atoms with Gasteiger partial charge in [0.15, 0.2) is 0 Å². The number of nitrogens with zero attached hydrogens (tertiary/aromatic N) is 1. The summed E-state index contributed by atoms with van der Waals surface area (Å²) in [5, 5.41) is 3.42. The molecular formula is C13H18FN3. The number of H-pyrrole nitrogens is 1. The Morgan fingerprint density at radius 2 is 2.24 bits per heavy atom. The zero-order chi connectivity index (χ0) is 12.3. The fraction of sp³-hybridized carbons (Fsp3) is 0.462. The first-order valence-corrected chi connectivity index (χ1v) is 6.13. The highest BCUT2D eigenvalue weighted by atomic mass is 19.1. The van der Waals surface area contributed by atoms with Crippen LogP contribution in [0.15, 0.2) is 18.2 Å². The Morgan fingerprint density at radius 1 is 1.41 bits per heavy atom. The van der Waals surface area contributed by atoms with Gasteiger partial charge in [-0.3, -0.25) is 0 Å². The summed E-state index contributed by atoms with van der Waals surface area (Å²) in [6.07, 6.45) is 2.05. The zero-order valence-corrected chi connectivity index (χ0v) is 10.3. The van der Waals surface area contributed by atoms with Crippen LogP contribution in [0.4, 0.5) is 4.39 Å². The number of fused-ring (bicyclic) bond motifs is 1. The van der Waals surface area contributed by atoms with Gasteiger partial charge in [0.25, 0.3) is 0 Å². The molecule has 1 aromatic heterocycles. The van der Waals surface area contributed by atoms with Gasteiger partial charge in [0.1, 0.15) is 11.6 Å². The molecule has 0 aliphatic rings. The van der Waals surface area contributed by atoms with Crippen molar-refractivity contribution < 1.29 is 4.39 Å². The SMILES string of the molecule is CCCNC(CC)c1nc2ccc(F)cc2[nH]1. The standard InChI is InChI=1S/C13H18FN3/c1-3-7-15-10(4-2)13-16-11-6-5-9(14)8-12(11)17-13/h5-6,8,10,15H,3-4,7H2,1-2H3,(H,16,17). The molecule has 1 unspecified atom stereocenters. The van der Waals surface area contributed by atoms with E-state index in [1.807, 2.05) is 0 Å². The molecule has 2 aromatic rings. The summed E-state index contributed by atoms with van der Waals surface area (Å²) in [5.41, 5.74) is 1.58. The van der Waals surface area contributed by atoms with Crippen LogP contribution in [0.25, 0.3) is 11.0 Å². The number of hydrogen-bond acceptors (Lipinski definition) is 2. The third-order valence-corrected chi connectivity index (χ3v) is 2.84. The van der Waals surface area contributed by atoms with Crippen LogP contribution in [0.5, 0.6) is 0 Å². The molecular weight excluding hydrogens is 217 g/mol. The molecule has 0 amide bonds. The molecule has 0 saturated heterocycles. The van der Waals surface area contributed by atoms with Crippen molar-refractivity contribution in [3.8, 4) is 0 Å². The summed E-state index contributed by atoms with van der Waals surface area (Å²) in [7, 11) is 0. The highest BCUT2D eigenvalue weighted by Gasteiger charge is 2.13. The summed E-state index contributed by atoms with van der Waals surface area (Å²) in [4.78, 5) is 7.68. The van der Waals surface area contributed by atoms with E-state index in [0.29, 0.717) is 0 Å². The van der Waals surface area contributed by atoms with Crippen LogP contribution < -0.4 is 5.32 Å². The average Bonchev–Trinajstić information content (AvgIpc) is 2.72. The van der Waals surface area contributed by atoms with E-state index in [2.05, 4.69) is 29.1 Å². The predicted octanol–water partition coefficient (Wildman–Crippen LogP) is 3.15. The molecule has 2 N–H and O–H groups in total. The molecule has 1 atom stereocenters. The van der Waals surface area contributed by atoms with E-state index >= 15 is 0 Å². The van der Waals surface area contributed by atoms with Crippen molar-refractivity contribution in [2.45, 2.75) is 32.7 Å². The number of nitrogens with one attached hydrogen (secondary N) is 2. The van der Waals surface area contributed by atoms with Gasteiger partial charge < -0.3 is 10.3 Å². The van der Waals surface area contributed by atoms with Gasteiger partial charge in [-0.2, -0.15) is 0 Å². The first kappa shape index (κ1) is 12.0. The number of imidazole rings is 1. The summed E-state index contributed by atoms with van der Waals surface area (Å²) >= 11 is 0. The van der Waals surface area contributed by atoms with Gasteiger partial charge in [-0.1, -0.05) is 13.8 Å². The van der Waals surface area contributed by atoms with Crippen LogP contribution in [-0.2, 0) is 0 Å². The van der Waals surface area contributed by atoms with Gasteiger partial charge >= 0.3 is 0 Å². The van der Waals surface area contributed by atoms with Crippen molar-refractivity contribution in [1.82, 2.24) is 15.3 Å². The lowest BCUT2D eigenvalue weighted by atomic mass is 10.2. The fourth-order valence-electron chi connectivity index (χ4n) is 1.92. The lowest BCUT2D eigenvalue weighted by Crippen LogP contribution is -2.22. The highest BCUT2D eigenvalue weighted by molar-refractivity contribution is 5.75. The molecule has 92 valence electrons. The second-order valence-corrected chi connectivity index (χ2v) is 4.20. The number of rotatable bonds is 5. The number of hydrogen-bond donors (Lipinski definition) is 2.